The summed E-state index contributed by atoms with van der Waals surface area (Å²) < 4.78 is 13.0. The van der Waals surface area contributed by atoms with Crippen LogP contribution >= 0.6 is 0 Å². The molecule has 21 heavy (non-hydrogen) atoms. The van der Waals surface area contributed by atoms with Crippen LogP contribution in [0.3, 0.4) is 0 Å². The van der Waals surface area contributed by atoms with Gasteiger partial charge < -0.3 is 10.4 Å². The van der Waals surface area contributed by atoms with Crippen molar-refractivity contribution >= 4 is 0 Å². The molecule has 1 aromatic rings. The van der Waals surface area contributed by atoms with E-state index in [1.807, 2.05) is 7.05 Å². The van der Waals surface area contributed by atoms with E-state index in [4.69, 9.17) is 0 Å². The number of aliphatic hydroxyl groups excluding tert-OH is 1. The molecule has 0 aliphatic heterocycles. The number of pyridine rings is 1. The zero-order chi connectivity index (χ0) is 15.2. The number of nitrogens with one attached hydrogen (secondary N) is 1. The average Bonchev–Trinajstić information content (AvgIpc) is 2.40. The van der Waals surface area contributed by atoms with Gasteiger partial charge in [0.05, 0.1) is 24.5 Å². The molecule has 5 heteroatoms. The van der Waals surface area contributed by atoms with Crippen molar-refractivity contribution in [3.63, 3.8) is 0 Å². The highest BCUT2D eigenvalue weighted by Gasteiger charge is 2.28. The van der Waals surface area contributed by atoms with Gasteiger partial charge in [0.15, 0.2) is 0 Å². The van der Waals surface area contributed by atoms with Crippen molar-refractivity contribution in [1.82, 2.24) is 15.2 Å². The van der Waals surface area contributed by atoms with Crippen molar-refractivity contribution < 1.29 is 9.50 Å². The van der Waals surface area contributed by atoms with Gasteiger partial charge in [-0.1, -0.05) is 13.3 Å². The van der Waals surface area contributed by atoms with Crippen LogP contribution in [0.4, 0.5) is 4.39 Å². The average molecular weight is 295 g/mol. The molecule has 0 spiro atoms. The minimum Gasteiger partial charge on any atom is -0.395 e. The summed E-state index contributed by atoms with van der Waals surface area (Å²) >= 11 is 0. The van der Waals surface area contributed by atoms with Crippen molar-refractivity contribution in [2.24, 2.45) is 5.92 Å². The molecule has 118 valence electrons. The molecule has 2 rings (SSSR count). The van der Waals surface area contributed by atoms with Gasteiger partial charge in [-0.05, 0) is 37.9 Å². The molecule has 1 saturated carbocycles. The van der Waals surface area contributed by atoms with Crippen LogP contribution < -0.4 is 5.32 Å². The maximum Gasteiger partial charge on any atom is 0.141 e. The van der Waals surface area contributed by atoms with E-state index in [1.54, 1.807) is 6.07 Å². The third-order valence-electron chi connectivity index (χ3n) is 4.45. The first kappa shape index (κ1) is 16.3. The minimum absolute atomic E-state index is 0.0897. The molecular formula is C16H26FN3O. The van der Waals surface area contributed by atoms with Crippen LogP contribution in [0.2, 0.25) is 0 Å². The molecule has 0 aromatic carbocycles. The SMILES string of the molecule is CNC(c1ccc(F)cn1)C(C)CN(CCO)C1CCC1. The summed E-state index contributed by atoms with van der Waals surface area (Å²) in [6.45, 7) is 4.01. The van der Waals surface area contributed by atoms with Crippen molar-refractivity contribution in [3.05, 3.63) is 29.8 Å². The first-order chi connectivity index (χ1) is 10.2. The number of hydrogen-bond donors (Lipinski definition) is 2. The Morgan fingerprint density at radius 1 is 1.48 bits per heavy atom. The standard InChI is InChI=1S/C16H26FN3O/c1-12(11-20(8-9-21)14-4-3-5-14)16(18-2)15-7-6-13(17)10-19-15/h6-7,10,12,14,16,18,21H,3-5,8-9,11H2,1-2H3. The summed E-state index contributed by atoms with van der Waals surface area (Å²) in [6, 6.07) is 3.90. The molecule has 4 nitrogen and oxygen atoms in total. The van der Waals surface area contributed by atoms with Crippen molar-refractivity contribution in [3.8, 4) is 0 Å². The van der Waals surface area contributed by atoms with Gasteiger partial charge in [0.1, 0.15) is 5.82 Å². The molecule has 0 bridgehead atoms. The first-order valence-corrected chi connectivity index (χ1v) is 7.79. The van der Waals surface area contributed by atoms with Gasteiger partial charge in [-0.25, -0.2) is 4.39 Å². The number of aromatic nitrogens is 1. The summed E-state index contributed by atoms with van der Waals surface area (Å²) in [7, 11) is 1.91. The number of halogens is 1. The van der Waals surface area contributed by atoms with E-state index in [-0.39, 0.29) is 18.5 Å². The predicted octanol–water partition coefficient (Wildman–Crippen LogP) is 1.96. The van der Waals surface area contributed by atoms with Gasteiger partial charge in [0.25, 0.3) is 0 Å². The summed E-state index contributed by atoms with van der Waals surface area (Å²) in [5.41, 5.74) is 0.865. The van der Waals surface area contributed by atoms with Gasteiger partial charge in [0.2, 0.25) is 0 Å². The van der Waals surface area contributed by atoms with Crippen molar-refractivity contribution in [1.29, 1.82) is 0 Å². The van der Waals surface area contributed by atoms with E-state index >= 15 is 0 Å². The third kappa shape index (κ3) is 4.22. The lowest BCUT2D eigenvalue weighted by Crippen LogP contribution is -2.45. The number of aliphatic hydroxyl groups is 1. The zero-order valence-electron chi connectivity index (χ0n) is 12.9. The van der Waals surface area contributed by atoms with Gasteiger partial charge in [-0.3, -0.25) is 9.88 Å². The van der Waals surface area contributed by atoms with E-state index in [0.29, 0.717) is 12.0 Å². The van der Waals surface area contributed by atoms with Gasteiger partial charge in [-0.15, -0.1) is 0 Å². The number of nitrogens with zero attached hydrogens (tertiary/aromatic N) is 2. The fraction of sp³-hybridized carbons (Fsp3) is 0.688. The fourth-order valence-electron chi connectivity index (χ4n) is 3.07. The Labute approximate surface area is 126 Å². The fourth-order valence-corrected chi connectivity index (χ4v) is 3.07. The highest BCUT2D eigenvalue weighted by atomic mass is 19.1. The zero-order valence-corrected chi connectivity index (χ0v) is 12.9. The summed E-state index contributed by atoms with van der Waals surface area (Å²) in [5.74, 6) is 0.0257. The Hall–Kier alpha value is -1.04. The van der Waals surface area contributed by atoms with Crippen LogP contribution in [-0.2, 0) is 0 Å². The smallest absolute Gasteiger partial charge is 0.141 e. The van der Waals surface area contributed by atoms with Crippen molar-refractivity contribution in [2.75, 3.05) is 26.7 Å². The van der Waals surface area contributed by atoms with Gasteiger partial charge in [-0.2, -0.15) is 0 Å². The Morgan fingerprint density at radius 3 is 2.71 bits per heavy atom. The van der Waals surface area contributed by atoms with Crippen LogP contribution in [0.15, 0.2) is 18.3 Å². The number of rotatable bonds is 8. The van der Waals surface area contributed by atoms with E-state index < -0.39 is 0 Å². The topological polar surface area (TPSA) is 48.4 Å². The van der Waals surface area contributed by atoms with Crippen LogP contribution in [0.1, 0.15) is 37.9 Å². The molecule has 1 fully saturated rings. The largest absolute Gasteiger partial charge is 0.395 e. The predicted molar refractivity (Wildman–Crippen MR) is 81.5 cm³/mol. The van der Waals surface area contributed by atoms with E-state index in [9.17, 15) is 9.50 Å². The third-order valence-corrected chi connectivity index (χ3v) is 4.45. The molecule has 1 aliphatic carbocycles. The molecular weight excluding hydrogens is 269 g/mol. The lowest BCUT2D eigenvalue weighted by molar-refractivity contribution is 0.0808. The van der Waals surface area contributed by atoms with Crippen molar-refractivity contribution in [2.45, 2.75) is 38.3 Å². The number of hydrogen-bond acceptors (Lipinski definition) is 4. The van der Waals surface area contributed by atoms with E-state index in [1.165, 1.54) is 31.5 Å². The Balaban J connectivity index is 2.00. The van der Waals surface area contributed by atoms with Crippen LogP contribution in [0.25, 0.3) is 0 Å². The minimum atomic E-state index is -0.308. The van der Waals surface area contributed by atoms with E-state index in [2.05, 4.69) is 22.1 Å². The molecule has 2 atom stereocenters. The highest BCUT2D eigenvalue weighted by Crippen LogP contribution is 2.28. The second-order valence-electron chi connectivity index (χ2n) is 5.95. The first-order valence-electron chi connectivity index (χ1n) is 7.79. The molecule has 2 unspecified atom stereocenters. The lowest BCUT2D eigenvalue weighted by Gasteiger charge is -2.39. The molecule has 2 N–H and O–H groups in total. The second kappa shape index (κ2) is 7.82. The summed E-state index contributed by atoms with van der Waals surface area (Å²) in [4.78, 5) is 6.57. The van der Waals surface area contributed by atoms with E-state index in [0.717, 1.165) is 18.8 Å². The molecule has 1 aliphatic rings. The Kier molecular flexibility index (Phi) is 6.08. The molecule has 1 heterocycles. The van der Waals surface area contributed by atoms with Crippen LogP contribution in [0.5, 0.6) is 0 Å². The maximum absolute atomic E-state index is 13.0. The van der Waals surface area contributed by atoms with Gasteiger partial charge in [0, 0.05) is 19.1 Å². The van der Waals surface area contributed by atoms with Crippen LogP contribution in [0, 0.1) is 11.7 Å². The maximum atomic E-state index is 13.0. The Bertz CT molecular complexity index is 422. The quantitative estimate of drug-likeness (QED) is 0.770. The normalized spacial score (nSPS) is 18.5. The van der Waals surface area contributed by atoms with Crippen LogP contribution in [-0.4, -0.2) is 47.8 Å². The summed E-state index contributed by atoms with van der Waals surface area (Å²) in [5, 5.41) is 12.5. The Morgan fingerprint density at radius 2 is 2.24 bits per heavy atom. The van der Waals surface area contributed by atoms with Gasteiger partial charge >= 0.3 is 0 Å². The molecule has 0 amide bonds. The summed E-state index contributed by atoms with van der Waals surface area (Å²) in [6.07, 6.45) is 5.01. The molecule has 0 radical (unpaired) electrons. The molecule has 0 saturated heterocycles. The lowest BCUT2D eigenvalue weighted by atomic mass is 9.89. The second-order valence-corrected chi connectivity index (χ2v) is 5.95. The monoisotopic (exact) mass is 295 g/mol. The highest BCUT2D eigenvalue weighted by molar-refractivity contribution is 5.11. The molecule has 1 aromatic heterocycles.